The van der Waals surface area contributed by atoms with Crippen molar-refractivity contribution in [2.75, 3.05) is 19.0 Å². The van der Waals surface area contributed by atoms with Gasteiger partial charge >= 0.3 is 6.18 Å². The highest BCUT2D eigenvalue weighted by molar-refractivity contribution is 5.91. The zero-order valence-corrected chi connectivity index (χ0v) is 13.6. The van der Waals surface area contributed by atoms with Crippen LogP contribution in [0, 0.1) is 0 Å². The standard InChI is InChI=1S/C16H21F3N2O3/c1-11(22)20-9-5-3-4-6-15(23)21-14-8-7-12(24-2)10-13(14)16(17,18)19/h7-8,10H,3-6,9H2,1-2H3,(H,20,22)(H,21,23). The van der Waals surface area contributed by atoms with Crippen molar-refractivity contribution in [2.24, 2.45) is 0 Å². The zero-order chi connectivity index (χ0) is 18.2. The predicted molar refractivity (Wildman–Crippen MR) is 83.8 cm³/mol. The number of nitrogens with one attached hydrogen (secondary N) is 2. The monoisotopic (exact) mass is 346 g/mol. The molecule has 0 heterocycles. The quantitative estimate of drug-likeness (QED) is 0.710. The number of unbranched alkanes of at least 4 members (excludes halogenated alkanes) is 2. The Labute approximate surface area is 138 Å². The van der Waals surface area contributed by atoms with Gasteiger partial charge in [-0.25, -0.2) is 0 Å². The van der Waals surface area contributed by atoms with Crippen molar-refractivity contribution >= 4 is 17.5 Å². The van der Waals surface area contributed by atoms with Crippen LogP contribution in [0.3, 0.4) is 0 Å². The van der Waals surface area contributed by atoms with Gasteiger partial charge in [-0.1, -0.05) is 6.42 Å². The summed E-state index contributed by atoms with van der Waals surface area (Å²) in [5.74, 6) is -0.532. The Morgan fingerprint density at radius 3 is 2.46 bits per heavy atom. The topological polar surface area (TPSA) is 67.4 Å². The van der Waals surface area contributed by atoms with E-state index in [-0.39, 0.29) is 23.8 Å². The molecule has 0 unspecified atom stereocenters. The number of methoxy groups -OCH3 is 1. The Balaban J connectivity index is 2.53. The van der Waals surface area contributed by atoms with Gasteiger partial charge in [-0.3, -0.25) is 9.59 Å². The third-order valence-electron chi connectivity index (χ3n) is 3.26. The average molecular weight is 346 g/mol. The Morgan fingerprint density at radius 1 is 1.17 bits per heavy atom. The van der Waals surface area contributed by atoms with Crippen molar-refractivity contribution in [1.82, 2.24) is 5.32 Å². The molecule has 5 nitrogen and oxygen atoms in total. The molecule has 0 aromatic heterocycles. The van der Waals surface area contributed by atoms with Crippen LogP contribution in [0.2, 0.25) is 0 Å². The van der Waals surface area contributed by atoms with Gasteiger partial charge in [0.25, 0.3) is 0 Å². The molecular formula is C16H21F3N2O3. The van der Waals surface area contributed by atoms with E-state index in [1.807, 2.05) is 0 Å². The molecule has 0 radical (unpaired) electrons. The number of rotatable bonds is 8. The second-order valence-electron chi connectivity index (χ2n) is 5.25. The molecule has 1 aromatic carbocycles. The minimum atomic E-state index is -4.59. The molecule has 0 bridgehead atoms. The van der Waals surface area contributed by atoms with Gasteiger partial charge in [0.2, 0.25) is 11.8 Å². The zero-order valence-electron chi connectivity index (χ0n) is 13.6. The molecular weight excluding hydrogens is 325 g/mol. The van der Waals surface area contributed by atoms with E-state index >= 15 is 0 Å². The van der Waals surface area contributed by atoms with E-state index < -0.39 is 17.6 Å². The van der Waals surface area contributed by atoms with E-state index in [0.717, 1.165) is 6.07 Å². The maximum absolute atomic E-state index is 13.0. The molecule has 2 N–H and O–H groups in total. The van der Waals surface area contributed by atoms with Gasteiger partial charge in [0.1, 0.15) is 5.75 Å². The number of carbonyl (C=O) groups excluding carboxylic acids is 2. The number of alkyl halides is 3. The van der Waals surface area contributed by atoms with Crippen LogP contribution in [0.15, 0.2) is 18.2 Å². The molecule has 1 aromatic rings. The fourth-order valence-corrected chi connectivity index (χ4v) is 2.06. The Hall–Kier alpha value is -2.25. The Bertz CT molecular complexity index is 574. The van der Waals surface area contributed by atoms with Gasteiger partial charge in [0, 0.05) is 19.9 Å². The second kappa shape index (κ2) is 9.14. The van der Waals surface area contributed by atoms with Gasteiger partial charge in [0.05, 0.1) is 18.4 Å². The molecule has 0 spiro atoms. The molecule has 2 amide bonds. The van der Waals surface area contributed by atoms with E-state index in [0.29, 0.717) is 25.8 Å². The summed E-state index contributed by atoms with van der Waals surface area (Å²) in [6.45, 7) is 1.94. The summed E-state index contributed by atoms with van der Waals surface area (Å²) in [5, 5.41) is 4.93. The first-order chi connectivity index (χ1) is 11.2. The van der Waals surface area contributed by atoms with Crippen LogP contribution >= 0.6 is 0 Å². The lowest BCUT2D eigenvalue weighted by Crippen LogP contribution is -2.21. The van der Waals surface area contributed by atoms with E-state index in [1.54, 1.807) is 0 Å². The van der Waals surface area contributed by atoms with Crippen molar-refractivity contribution in [3.05, 3.63) is 23.8 Å². The maximum Gasteiger partial charge on any atom is 0.418 e. The molecule has 0 saturated carbocycles. The number of carbonyl (C=O) groups is 2. The number of amides is 2. The highest BCUT2D eigenvalue weighted by Gasteiger charge is 2.34. The van der Waals surface area contributed by atoms with Gasteiger partial charge in [-0.05, 0) is 31.0 Å². The molecule has 0 aliphatic rings. The van der Waals surface area contributed by atoms with Crippen LogP contribution in [0.25, 0.3) is 0 Å². The Kier molecular flexibility index (Phi) is 7.54. The van der Waals surface area contributed by atoms with E-state index in [1.165, 1.54) is 26.2 Å². The van der Waals surface area contributed by atoms with Crippen LogP contribution in [-0.2, 0) is 15.8 Å². The van der Waals surface area contributed by atoms with E-state index in [9.17, 15) is 22.8 Å². The minimum absolute atomic E-state index is 0.0679. The molecule has 1 rings (SSSR count). The SMILES string of the molecule is COc1ccc(NC(=O)CCCCCNC(C)=O)c(C(F)(F)F)c1. The van der Waals surface area contributed by atoms with Crippen molar-refractivity contribution < 1.29 is 27.5 Å². The van der Waals surface area contributed by atoms with Crippen LogP contribution in [0.1, 0.15) is 38.2 Å². The van der Waals surface area contributed by atoms with Crippen molar-refractivity contribution in [3.63, 3.8) is 0 Å². The Morgan fingerprint density at radius 2 is 1.88 bits per heavy atom. The van der Waals surface area contributed by atoms with Crippen molar-refractivity contribution in [3.8, 4) is 5.75 Å². The molecule has 8 heteroatoms. The highest BCUT2D eigenvalue weighted by atomic mass is 19.4. The summed E-state index contributed by atoms with van der Waals surface area (Å²) in [5.41, 5.74) is -1.23. The fraction of sp³-hybridized carbons (Fsp3) is 0.500. The molecule has 0 saturated heterocycles. The summed E-state index contributed by atoms with van der Waals surface area (Å²) in [7, 11) is 1.27. The van der Waals surface area contributed by atoms with Gasteiger partial charge in [0.15, 0.2) is 0 Å². The number of anilines is 1. The molecule has 0 aliphatic carbocycles. The summed E-state index contributed by atoms with van der Waals surface area (Å²) < 4.78 is 43.9. The first-order valence-electron chi connectivity index (χ1n) is 7.53. The first-order valence-corrected chi connectivity index (χ1v) is 7.53. The molecule has 0 aliphatic heterocycles. The van der Waals surface area contributed by atoms with Crippen LogP contribution in [0.4, 0.5) is 18.9 Å². The lowest BCUT2D eigenvalue weighted by atomic mass is 10.1. The van der Waals surface area contributed by atoms with Gasteiger partial charge in [-0.15, -0.1) is 0 Å². The average Bonchev–Trinajstić information content (AvgIpc) is 2.49. The predicted octanol–water partition coefficient (Wildman–Crippen LogP) is 3.35. The highest BCUT2D eigenvalue weighted by Crippen LogP contribution is 2.37. The first kappa shape index (κ1) is 19.8. The molecule has 134 valence electrons. The maximum atomic E-state index is 13.0. The lowest BCUT2D eigenvalue weighted by molar-refractivity contribution is -0.137. The summed E-state index contributed by atoms with van der Waals surface area (Å²) in [6.07, 6.45) is -2.53. The van der Waals surface area contributed by atoms with Crippen molar-refractivity contribution in [1.29, 1.82) is 0 Å². The number of benzene rings is 1. The lowest BCUT2D eigenvalue weighted by Gasteiger charge is -2.15. The number of hydrogen-bond acceptors (Lipinski definition) is 3. The smallest absolute Gasteiger partial charge is 0.418 e. The third-order valence-corrected chi connectivity index (χ3v) is 3.26. The number of hydrogen-bond donors (Lipinski definition) is 2. The van der Waals surface area contributed by atoms with Crippen LogP contribution < -0.4 is 15.4 Å². The fourth-order valence-electron chi connectivity index (χ4n) is 2.06. The summed E-state index contributed by atoms with van der Waals surface area (Å²) >= 11 is 0. The number of ether oxygens (including phenoxy) is 1. The second-order valence-corrected chi connectivity index (χ2v) is 5.25. The van der Waals surface area contributed by atoms with E-state index in [4.69, 9.17) is 4.74 Å². The normalized spacial score (nSPS) is 11.0. The summed E-state index contributed by atoms with van der Waals surface area (Å²) in [4.78, 5) is 22.5. The van der Waals surface area contributed by atoms with E-state index in [2.05, 4.69) is 10.6 Å². The molecule has 24 heavy (non-hydrogen) atoms. The molecule has 0 atom stereocenters. The van der Waals surface area contributed by atoms with Gasteiger partial charge < -0.3 is 15.4 Å². The number of halogens is 3. The minimum Gasteiger partial charge on any atom is -0.497 e. The third kappa shape index (κ3) is 6.89. The van der Waals surface area contributed by atoms with Crippen LogP contribution in [0.5, 0.6) is 5.75 Å². The van der Waals surface area contributed by atoms with Crippen LogP contribution in [-0.4, -0.2) is 25.5 Å². The largest absolute Gasteiger partial charge is 0.497 e. The van der Waals surface area contributed by atoms with Crippen molar-refractivity contribution in [2.45, 2.75) is 38.8 Å². The van der Waals surface area contributed by atoms with Gasteiger partial charge in [-0.2, -0.15) is 13.2 Å². The summed E-state index contributed by atoms with van der Waals surface area (Å²) in [6, 6.07) is 3.39. The molecule has 0 fully saturated rings.